The van der Waals surface area contributed by atoms with Crippen LogP contribution >= 0.6 is 0 Å². The van der Waals surface area contributed by atoms with Crippen molar-refractivity contribution in [2.45, 2.75) is 11.5 Å². The van der Waals surface area contributed by atoms with E-state index in [-0.39, 0.29) is 6.04 Å². The van der Waals surface area contributed by atoms with E-state index in [1.165, 1.54) is 77.2 Å². The molecule has 0 aromatic heterocycles. The molecule has 0 fully saturated rings. The van der Waals surface area contributed by atoms with Gasteiger partial charge in [-0.1, -0.05) is 188 Å². The van der Waals surface area contributed by atoms with Crippen LogP contribution in [-0.2, 0) is 5.41 Å². The smallest absolute Gasteiger partial charge is 0.0773 e. The molecule has 2 nitrogen and oxygen atoms in total. The standard InChI is InChI=1S/C58H40N2/c1-3-19-41(20-4-1)57(51-29-15-21-39-17-7-9-25-45(39)51)59-42-33-35-49-50-36-34-44(60(43-23-5-2-6-24-43)56-32-16-22-40-18-8-10-26-46(40)56)38-55(50)58(54(49)37-42)52-30-13-11-27-47(52)48-28-12-14-31-53(48)58/h1-38,57,59H. The van der Waals surface area contributed by atoms with Gasteiger partial charge in [-0.2, -0.15) is 0 Å². The van der Waals surface area contributed by atoms with Crippen LogP contribution in [0.4, 0.5) is 22.7 Å². The zero-order valence-corrected chi connectivity index (χ0v) is 33.0. The van der Waals surface area contributed by atoms with Gasteiger partial charge >= 0.3 is 0 Å². The monoisotopic (exact) mass is 764 g/mol. The molecule has 0 heterocycles. The molecule has 60 heavy (non-hydrogen) atoms. The Morgan fingerprint density at radius 3 is 1.63 bits per heavy atom. The highest BCUT2D eigenvalue weighted by Crippen LogP contribution is 2.64. The van der Waals surface area contributed by atoms with Crippen molar-refractivity contribution in [3.8, 4) is 22.3 Å². The van der Waals surface area contributed by atoms with Crippen LogP contribution in [0.2, 0.25) is 0 Å². The van der Waals surface area contributed by atoms with Crippen LogP contribution in [0.5, 0.6) is 0 Å². The highest BCUT2D eigenvalue weighted by molar-refractivity contribution is 6.01. The van der Waals surface area contributed by atoms with Gasteiger partial charge in [0.2, 0.25) is 0 Å². The second kappa shape index (κ2) is 13.7. The van der Waals surface area contributed by atoms with Gasteiger partial charge in [-0.25, -0.2) is 0 Å². The Morgan fingerprint density at radius 2 is 0.900 bits per heavy atom. The van der Waals surface area contributed by atoms with Crippen LogP contribution < -0.4 is 10.2 Å². The number of hydrogen-bond donors (Lipinski definition) is 1. The molecule has 282 valence electrons. The SMILES string of the molecule is c1ccc(C(Nc2ccc3c(c2)C2(c4ccccc4-c4ccccc42)c2cc(N(c4ccccc4)c4cccc5ccccc45)ccc2-3)c2cccc3ccccc23)cc1. The minimum Gasteiger partial charge on any atom is -0.374 e. The van der Waals surface area contributed by atoms with Gasteiger partial charge < -0.3 is 10.2 Å². The molecule has 0 amide bonds. The first-order valence-electron chi connectivity index (χ1n) is 20.9. The molecule has 0 saturated heterocycles. The summed E-state index contributed by atoms with van der Waals surface area (Å²) in [5.41, 5.74) is 16.8. The van der Waals surface area contributed by atoms with Crippen LogP contribution in [0.3, 0.4) is 0 Å². The van der Waals surface area contributed by atoms with Crippen LogP contribution in [0.15, 0.2) is 231 Å². The van der Waals surface area contributed by atoms with E-state index in [0.717, 1.165) is 22.7 Å². The molecule has 0 radical (unpaired) electrons. The molecule has 12 rings (SSSR count). The number of nitrogens with zero attached hydrogens (tertiary/aromatic N) is 1. The van der Waals surface area contributed by atoms with Crippen LogP contribution in [-0.4, -0.2) is 0 Å². The van der Waals surface area contributed by atoms with Crippen molar-refractivity contribution in [2.75, 3.05) is 10.2 Å². The fourth-order valence-corrected chi connectivity index (χ4v) is 10.4. The van der Waals surface area contributed by atoms with Gasteiger partial charge in [0.15, 0.2) is 0 Å². The van der Waals surface area contributed by atoms with Crippen LogP contribution in [0, 0.1) is 0 Å². The van der Waals surface area contributed by atoms with Gasteiger partial charge in [-0.05, 0) is 114 Å². The maximum atomic E-state index is 4.10. The molecule has 2 aliphatic rings. The third-order valence-corrected chi connectivity index (χ3v) is 12.9. The van der Waals surface area contributed by atoms with Gasteiger partial charge in [0, 0.05) is 22.4 Å². The molecule has 1 unspecified atom stereocenters. The molecule has 2 heteroatoms. The maximum absolute atomic E-state index is 4.10. The van der Waals surface area contributed by atoms with Gasteiger partial charge in [-0.3, -0.25) is 0 Å². The number of hydrogen-bond acceptors (Lipinski definition) is 2. The Labute approximate surface area is 350 Å². The van der Waals surface area contributed by atoms with Crippen molar-refractivity contribution >= 4 is 44.3 Å². The summed E-state index contributed by atoms with van der Waals surface area (Å²) in [6.07, 6.45) is 0. The number of benzene rings is 10. The highest BCUT2D eigenvalue weighted by Gasteiger charge is 2.52. The molecule has 1 N–H and O–H groups in total. The Bertz CT molecular complexity index is 3200. The Balaban J connectivity index is 1.09. The molecule has 10 aromatic rings. The Morgan fingerprint density at radius 1 is 0.367 bits per heavy atom. The van der Waals surface area contributed by atoms with Crippen molar-refractivity contribution in [1.29, 1.82) is 0 Å². The Hall–Kier alpha value is -7.68. The van der Waals surface area contributed by atoms with Crippen LogP contribution in [0.1, 0.15) is 39.4 Å². The first-order valence-corrected chi connectivity index (χ1v) is 20.9. The number of anilines is 4. The molecule has 0 aliphatic heterocycles. The minimum atomic E-state index is -0.533. The molecular weight excluding hydrogens is 725 g/mol. The van der Waals surface area contributed by atoms with E-state index in [9.17, 15) is 0 Å². The van der Waals surface area contributed by atoms with E-state index in [4.69, 9.17) is 0 Å². The predicted molar refractivity (Wildman–Crippen MR) is 251 cm³/mol. The summed E-state index contributed by atoms with van der Waals surface area (Å²) < 4.78 is 0. The van der Waals surface area contributed by atoms with Crippen molar-refractivity contribution in [2.24, 2.45) is 0 Å². The molecule has 1 atom stereocenters. The minimum absolute atomic E-state index is 0.0649. The topological polar surface area (TPSA) is 15.3 Å². The lowest BCUT2D eigenvalue weighted by atomic mass is 9.70. The number of fused-ring (bicyclic) bond motifs is 12. The maximum Gasteiger partial charge on any atom is 0.0773 e. The van der Waals surface area contributed by atoms with Crippen molar-refractivity contribution in [1.82, 2.24) is 0 Å². The van der Waals surface area contributed by atoms with Gasteiger partial charge in [0.1, 0.15) is 0 Å². The van der Waals surface area contributed by atoms with E-state index in [1.807, 2.05) is 0 Å². The lowest BCUT2D eigenvalue weighted by Crippen LogP contribution is -2.26. The van der Waals surface area contributed by atoms with Crippen molar-refractivity contribution in [3.63, 3.8) is 0 Å². The number of nitrogens with one attached hydrogen (secondary N) is 1. The molecule has 0 saturated carbocycles. The van der Waals surface area contributed by atoms with E-state index >= 15 is 0 Å². The zero-order chi connectivity index (χ0) is 39.6. The third kappa shape index (κ3) is 5.14. The molecule has 10 aromatic carbocycles. The normalized spacial score (nSPS) is 13.4. The highest BCUT2D eigenvalue weighted by atomic mass is 15.1. The lowest BCUT2D eigenvalue weighted by molar-refractivity contribution is 0.793. The summed E-state index contributed by atoms with van der Waals surface area (Å²) in [6, 6.07) is 84.8. The summed E-state index contributed by atoms with van der Waals surface area (Å²) in [4.78, 5) is 2.44. The van der Waals surface area contributed by atoms with E-state index < -0.39 is 5.41 Å². The van der Waals surface area contributed by atoms with Gasteiger partial charge in [0.25, 0.3) is 0 Å². The second-order valence-electron chi connectivity index (χ2n) is 16.1. The van der Waals surface area contributed by atoms with Gasteiger partial charge in [0.05, 0.1) is 17.1 Å². The van der Waals surface area contributed by atoms with E-state index in [2.05, 4.69) is 241 Å². The summed E-state index contributed by atoms with van der Waals surface area (Å²) in [7, 11) is 0. The van der Waals surface area contributed by atoms with E-state index in [1.54, 1.807) is 0 Å². The lowest BCUT2D eigenvalue weighted by Gasteiger charge is -2.33. The van der Waals surface area contributed by atoms with Crippen molar-refractivity contribution < 1.29 is 0 Å². The average molecular weight is 765 g/mol. The summed E-state index contributed by atoms with van der Waals surface area (Å²) in [5, 5.41) is 9.03. The largest absolute Gasteiger partial charge is 0.374 e. The quantitative estimate of drug-likeness (QED) is 0.174. The zero-order valence-electron chi connectivity index (χ0n) is 33.0. The summed E-state index contributed by atoms with van der Waals surface area (Å²) in [6.45, 7) is 0. The Kier molecular flexibility index (Phi) is 7.86. The molecule has 2 aliphatic carbocycles. The first kappa shape index (κ1) is 34.4. The number of para-hydroxylation sites is 1. The van der Waals surface area contributed by atoms with Gasteiger partial charge in [-0.15, -0.1) is 0 Å². The molecular formula is C58H40N2. The fourth-order valence-electron chi connectivity index (χ4n) is 10.4. The second-order valence-corrected chi connectivity index (χ2v) is 16.1. The number of rotatable bonds is 7. The third-order valence-electron chi connectivity index (χ3n) is 12.9. The fraction of sp³-hybridized carbons (Fsp3) is 0.0345. The summed E-state index contributed by atoms with van der Waals surface area (Å²) >= 11 is 0. The van der Waals surface area contributed by atoms with Crippen LogP contribution in [0.25, 0.3) is 43.8 Å². The summed E-state index contributed by atoms with van der Waals surface area (Å²) in [5.74, 6) is 0. The first-order chi connectivity index (χ1) is 29.8. The van der Waals surface area contributed by atoms with Crippen molar-refractivity contribution in [3.05, 3.63) is 264 Å². The van der Waals surface area contributed by atoms with E-state index in [0.29, 0.717) is 0 Å². The molecule has 0 bridgehead atoms. The average Bonchev–Trinajstić information content (AvgIpc) is 3.78. The predicted octanol–water partition coefficient (Wildman–Crippen LogP) is 15.0. The molecule has 1 spiro atoms.